The van der Waals surface area contributed by atoms with Crippen molar-refractivity contribution in [2.45, 2.75) is 161 Å². The molecular formula is C28H54O5. The molecule has 0 radical (unpaired) electrons. The number of hydrogen-bond acceptors (Lipinski definition) is 4. The van der Waals surface area contributed by atoms with Crippen LogP contribution >= 0.6 is 0 Å². The van der Waals surface area contributed by atoms with Gasteiger partial charge in [-0.15, -0.1) is 0 Å². The van der Waals surface area contributed by atoms with Gasteiger partial charge in [0.2, 0.25) is 0 Å². The predicted octanol–water partition coefficient (Wildman–Crippen LogP) is 7.97. The summed E-state index contributed by atoms with van der Waals surface area (Å²) >= 11 is 0. The van der Waals surface area contributed by atoms with Crippen LogP contribution in [0.1, 0.15) is 155 Å². The predicted molar refractivity (Wildman–Crippen MR) is 136 cm³/mol. The number of hydrogen-bond donors (Lipinski definition) is 2. The second kappa shape index (κ2) is 25.5. The molecule has 0 aliphatic carbocycles. The van der Waals surface area contributed by atoms with Gasteiger partial charge >= 0.3 is 11.9 Å². The molecule has 0 aromatic rings. The van der Waals surface area contributed by atoms with E-state index in [1.54, 1.807) is 0 Å². The highest BCUT2D eigenvalue weighted by atomic mass is 16.6. The smallest absolute Gasteiger partial charge is 0.345 e. The highest BCUT2D eigenvalue weighted by Gasteiger charge is 2.21. The van der Waals surface area contributed by atoms with Crippen LogP contribution in [-0.4, -0.2) is 34.9 Å². The minimum Gasteiger partial charge on any atom is -0.479 e. The lowest BCUT2D eigenvalue weighted by Gasteiger charge is -2.13. The molecule has 0 amide bonds. The molecule has 2 N–H and O–H groups in total. The average Bonchev–Trinajstić information content (AvgIpc) is 2.80. The van der Waals surface area contributed by atoms with Crippen molar-refractivity contribution in [2.75, 3.05) is 6.61 Å². The molecule has 0 bridgehead atoms. The minimum atomic E-state index is -1.02. The molecule has 0 aromatic carbocycles. The Morgan fingerprint density at radius 3 is 1.42 bits per heavy atom. The lowest BCUT2D eigenvalue weighted by atomic mass is 10.0. The zero-order chi connectivity index (χ0) is 24.4. The minimum absolute atomic E-state index is 0.309. The van der Waals surface area contributed by atoms with Crippen molar-refractivity contribution >= 4 is 11.9 Å². The van der Waals surface area contributed by atoms with E-state index in [0.29, 0.717) is 19.4 Å². The first-order valence-electron chi connectivity index (χ1n) is 14.1. The third-order valence-corrected chi connectivity index (χ3v) is 6.41. The normalized spacial score (nSPS) is 12.1. The summed E-state index contributed by atoms with van der Waals surface area (Å²) < 4.78 is 5.24. The van der Waals surface area contributed by atoms with Gasteiger partial charge in [-0.1, -0.05) is 122 Å². The van der Waals surface area contributed by atoms with Crippen molar-refractivity contribution in [1.29, 1.82) is 0 Å². The lowest BCUT2D eigenvalue weighted by Crippen LogP contribution is -2.27. The van der Waals surface area contributed by atoms with Gasteiger partial charge in [-0.05, 0) is 25.7 Å². The van der Waals surface area contributed by atoms with Crippen molar-refractivity contribution in [3.63, 3.8) is 0 Å². The molecule has 0 rings (SSSR count). The molecule has 0 heterocycles. The van der Waals surface area contributed by atoms with Crippen molar-refractivity contribution in [3.05, 3.63) is 0 Å². The van der Waals surface area contributed by atoms with Gasteiger partial charge in [-0.3, -0.25) is 4.79 Å². The summed E-state index contributed by atoms with van der Waals surface area (Å²) in [5, 5.41) is 18.1. The van der Waals surface area contributed by atoms with Gasteiger partial charge in [0.05, 0.1) is 0 Å². The summed E-state index contributed by atoms with van der Waals surface area (Å²) in [6, 6.07) is 0. The first-order valence-corrected chi connectivity index (χ1v) is 14.1. The first-order chi connectivity index (χ1) is 16.1. The van der Waals surface area contributed by atoms with Crippen LogP contribution in [0.5, 0.6) is 0 Å². The van der Waals surface area contributed by atoms with Crippen molar-refractivity contribution in [2.24, 2.45) is 0 Å². The Morgan fingerprint density at radius 2 is 1.00 bits per heavy atom. The van der Waals surface area contributed by atoms with E-state index in [1.165, 1.54) is 83.5 Å². The molecule has 1 unspecified atom stereocenters. The van der Waals surface area contributed by atoms with Crippen LogP contribution < -0.4 is 0 Å². The molecule has 33 heavy (non-hydrogen) atoms. The number of carbonyl (C=O) groups is 2. The maximum atomic E-state index is 12.0. The van der Waals surface area contributed by atoms with Crippen molar-refractivity contribution in [1.82, 2.24) is 0 Å². The molecule has 5 nitrogen and oxygen atoms in total. The van der Waals surface area contributed by atoms with Crippen LogP contribution in [0.25, 0.3) is 0 Å². The topological polar surface area (TPSA) is 83.8 Å². The Hall–Kier alpha value is -1.10. The summed E-state index contributed by atoms with van der Waals surface area (Å²) in [4.78, 5) is 23.4. The number of carbonyl (C=O) groups excluding carboxylic acids is 1. The highest BCUT2D eigenvalue weighted by Crippen LogP contribution is 2.15. The van der Waals surface area contributed by atoms with Crippen LogP contribution in [0.3, 0.4) is 0 Å². The average molecular weight is 471 g/mol. The summed E-state index contributed by atoms with van der Waals surface area (Å²) in [7, 11) is 0. The van der Waals surface area contributed by atoms with E-state index in [-0.39, 0.29) is 5.97 Å². The molecule has 0 spiro atoms. The Balaban J connectivity index is 3.59. The summed E-state index contributed by atoms with van der Waals surface area (Å²) in [5.74, 6) is -1.38. The third-order valence-electron chi connectivity index (χ3n) is 6.41. The fraction of sp³-hybridized carbons (Fsp3) is 0.929. The van der Waals surface area contributed by atoms with Gasteiger partial charge in [0, 0.05) is 13.0 Å². The van der Waals surface area contributed by atoms with Crippen LogP contribution in [0, 0.1) is 0 Å². The highest BCUT2D eigenvalue weighted by molar-refractivity contribution is 5.77. The molecule has 0 fully saturated rings. The fourth-order valence-corrected chi connectivity index (χ4v) is 4.24. The number of carboxylic acid groups (broad SMARTS) is 1. The number of rotatable bonds is 26. The number of esters is 1. The largest absolute Gasteiger partial charge is 0.479 e. The van der Waals surface area contributed by atoms with Crippen molar-refractivity contribution < 1.29 is 24.5 Å². The number of ether oxygens (including phenoxy) is 1. The summed E-state index contributed by atoms with van der Waals surface area (Å²) in [6.45, 7) is 2.54. The zero-order valence-corrected chi connectivity index (χ0v) is 21.7. The summed E-state index contributed by atoms with van der Waals surface area (Å²) in [6.07, 6.45) is 24.2. The van der Waals surface area contributed by atoms with Gasteiger partial charge in [0.15, 0.2) is 6.10 Å². The third kappa shape index (κ3) is 23.8. The van der Waals surface area contributed by atoms with Crippen LogP contribution in [0.15, 0.2) is 0 Å². The Morgan fingerprint density at radius 1 is 0.606 bits per heavy atom. The van der Waals surface area contributed by atoms with E-state index >= 15 is 0 Å². The van der Waals surface area contributed by atoms with E-state index in [1.807, 2.05) is 0 Å². The van der Waals surface area contributed by atoms with Crippen LogP contribution in [0.2, 0.25) is 0 Å². The maximum Gasteiger partial charge on any atom is 0.345 e. The molecule has 0 aromatic heterocycles. The quantitative estimate of drug-likeness (QED) is 0.0989. The van der Waals surface area contributed by atoms with Crippen LogP contribution in [-0.2, 0) is 14.3 Å². The second-order valence-electron chi connectivity index (χ2n) is 9.65. The standard InChI is InChI=1S/C28H54O5/c1-2-3-4-5-6-7-11-14-17-20-23-26(28(31)32)33-27(30)24-21-18-15-12-9-8-10-13-16-19-22-25-29/h26,29H,2-25H2,1H3,(H,31,32). The Labute approximate surface area is 204 Å². The lowest BCUT2D eigenvalue weighted by molar-refractivity contribution is -0.164. The molecule has 0 saturated carbocycles. The number of carboxylic acids is 1. The number of aliphatic carboxylic acids is 1. The van der Waals surface area contributed by atoms with E-state index in [2.05, 4.69) is 6.92 Å². The van der Waals surface area contributed by atoms with E-state index in [9.17, 15) is 14.7 Å². The first kappa shape index (κ1) is 31.9. The fourth-order valence-electron chi connectivity index (χ4n) is 4.24. The van der Waals surface area contributed by atoms with Crippen LogP contribution in [0.4, 0.5) is 0 Å². The van der Waals surface area contributed by atoms with E-state index < -0.39 is 12.1 Å². The van der Waals surface area contributed by atoms with E-state index in [4.69, 9.17) is 9.84 Å². The van der Waals surface area contributed by atoms with Gasteiger partial charge in [0.25, 0.3) is 0 Å². The van der Waals surface area contributed by atoms with Gasteiger partial charge < -0.3 is 14.9 Å². The molecule has 0 aliphatic heterocycles. The Kier molecular flexibility index (Phi) is 24.7. The monoisotopic (exact) mass is 470 g/mol. The Bertz CT molecular complexity index is 438. The van der Waals surface area contributed by atoms with Gasteiger partial charge in [-0.2, -0.15) is 0 Å². The van der Waals surface area contributed by atoms with E-state index in [0.717, 1.165) is 51.4 Å². The molecule has 5 heteroatoms. The summed E-state index contributed by atoms with van der Waals surface area (Å²) in [5.41, 5.74) is 0. The molecular weight excluding hydrogens is 416 g/mol. The maximum absolute atomic E-state index is 12.0. The molecule has 0 saturated heterocycles. The van der Waals surface area contributed by atoms with Gasteiger partial charge in [-0.25, -0.2) is 4.79 Å². The number of unbranched alkanes of at least 4 members (excludes halogenated alkanes) is 19. The number of aliphatic hydroxyl groups is 1. The molecule has 0 aliphatic rings. The molecule has 196 valence electrons. The molecule has 1 atom stereocenters. The van der Waals surface area contributed by atoms with Crippen molar-refractivity contribution in [3.8, 4) is 0 Å². The SMILES string of the molecule is CCCCCCCCCCCCC(OC(=O)CCCCCCCCCCCCCO)C(=O)O. The second-order valence-corrected chi connectivity index (χ2v) is 9.65. The van der Waals surface area contributed by atoms with Gasteiger partial charge in [0.1, 0.15) is 0 Å². The number of aliphatic hydroxyl groups excluding tert-OH is 1. The zero-order valence-electron chi connectivity index (χ0n) is 21.7.